The molecule has 0 fully saturated rings. The van der Waals surface area contributed by atoms with Gasteiger partial charge in [0.05, 0.1) is 11.4 Å². The van der Waals surface area contributed by atoms with Crippen molar-refractivity contribution in [2.24, 2.45) is 0 Å². The zero-order chi connectivity index (χ0) is 16.2. The zero-order valence-corrected chi connectivity index (χ0v) is 12.8. The van der Waals surface area contributed by atoms with E-state index in [2.05, 4.69) is 31.8 Å². The molecule has 0 unspecified atom stereocenters. The molecule has 0 aliphatic heterocycles. The Morgan fingerprint density at radius 3 is 2.83 bits per heavy atom. The molecule has 1 aromatic carbocycles. The molecule has 2 heterocycles. The maximum absolute atomic E-state index is 9.04. The van der Waals surface area contributed by atoms with Crippen molar-refractivity contribution in [3.63, 3.8) is 0 Å². The Morgan fingerprint density at radius 2 is 2.04 bits per heavy atom. The summed E-state index contributed by atoms with van der Waals surface area (Å²) >= 11 is 0. The van der Waals surface area contributed by atoms with Crippen LogP contribution in [0.1, 0.15) is 23.4 Å². The summed E-state index contributed by atoms with van der Waals surface area (Å²) in [5, 5.41) is 29.6. The van der Waals surface area contributed by atoms with Crippen LogP contribution >= 0.6 is 0 Å². The number of hydrogen-bond donors (Lipinski definition) is 3. The fourth-order valence-corrected chi connectivity index (χ4v) is 2.54. The van der Waals surface area contributed by atoms with E-state index in [0.717, 1.165) is 34.4 Å². The number of nitrogens with zero attached hydrogens (tertiary/aromatic N) is 4. The van der Waals surface area contributed by atoms with Crippen LogP contribution in [-0.2, 0) is 6.42 Å². The molecule has 0 aliphatic rings. The van der Waals surface area contributed by atoms with E-state index < -0.39 is 0 Å². The van der Waals surface area contributed by atoms with E-state index in [1.165, 1.54) is 0 Å². The van der Waals surface area contributed by atoms with Crippen LogP contribution in [0.2, 0.25) is 0 Å². The van der Waals surface area contributed by atoms with Crippen molar-refractivity contribution in [2.45, 2.75) is 19.8 Å². The molecule has 23 heavy (non-hydrogen) atoms. The largest absolute Gasteiger partial charge is 0.381 e. The first-order valence-corrected chi connectivity index (χ1v) is 7.39. The van der Waals surface area contributed by atoms with Gasteiger partial charge < -0.3 is 11.1 Å². The third-order valence-electron chi connectivity index (χ3n) is 3.75. The Bertz CT molecular complexity index is 876. The lowest BCUT2D eigenvalue weighted by Gasteiger charge is -2.09. The summed E-state index contributed by atoms with van der Waals surface area (Å²) in [6.07, 6.45) is 1.51. The number of anilines is 2. The van der Waals surface area contributed by atoms with E-state index >= 15 is 0 Å². The molecule has 116 valence electrons. The smallest absolute Gasteiger partial charge is 0.163 e. The van der Waals surface area contributed by atoms with E-state index in [1.54, 1.807) is 0 Å². The first-order valence-electron chi connectivity index (χ1n) is 7.39. The third-order valence-corrected chi connectivity index (χ3v) is 3.75. The predicted octanol–water partition coefficient (Wildman–Crippen LogP) is 2.16. The number of H-pyrrole nitrogens is 1. The van der Waals surface area contributed by atoms with Crippen LogP contribution in [0.3, 0.4) is 0 Å². The number of aryl methyl sites for hydroxylation is 2. The summed E-state index contributed by atoms with van der Waals surface area (Å²) in [6.45, 7) is 2.66. The van der Waals surface area contributed by atoms with E-state index in [-0.39, 0.29) is 5.82 Å². The Morgan fingerprint density at radius 1 is 1.26 bits per heavy atom. The van der Waals surface area contributed by atoms with Gasteiger partial charge in [-0.15, -0.1) is 5.10 Å². The first kappa shape index (κ1) is 14.8. The minimum absolute atomic E-state index is 0.255. The highest BCUT2D eigenvalue weighted by molar-refractivity contribution is 5.92. The standard InChI is InChI=1S/C16H17N7/c1-10-11-5-2-3-6-12(11)16(23-20-10)19-8-4-7-14-13(9-17)15(18)22-21-14/h2-3,5-6H,4,7-8H2,1H3,(H,19,23)(H3,18,21,22). The van der Waals surface area contributed by atoms with E-state index in [4.69, 9.17) is 11.0 Å². The average Bonchev–Trinajstić information content (AvgIpc) is 2.93. The molecule has 7 heteroatoms. The fourth-order valence-electron chi connectivity index (χ4n) is 2.54. The molecule has 4 N–H and O–H groups in total. The summed E-state index contributed by atoms with van der Waals surface area (Å²) in [7, 11) is 0. The highest BCUT2D eigenvalue weighted by atomic mass is 15.2. The molecule has 2 aromatic heterocycles. The Labute approximate surface area is 133 Å². The SMILES string of the molecule is Cc1nnc(NCCCc2[nH]nc(N)c2C#N)c2ccccc12. The number of fused-ring (bicyclic) bond motifs is 1. The van der Waals surface area contributed by atoms with Crippen LogP contribution in [0.4, 0.5) is 11.6 Å². The van der Waals surface area contributed by atoms with E-state index in [0.29, 0.717) is 18.5 Å². The summed E-state index contributed by atoms with van der Waals surface area (Å²) in [5.74, 6) is 1.03. The van der Waals surface area contributed by atoms with Crippen LogP contribution in [0.5, 0.6) is 0 Å². The lowest BCUT2D eigenvalue weighted by molar-refractivity contribution is 0.820. The predicted molar refractivity (Wildman–Crippen MR) is 88.8 cm³/mol. The number of nitriles is 1. The lowest BCUT2D eigenvalue weighted by atomic mass is 10.1. The molecule has 0 saturated carbocycles. The second-order valence-electron chi connectivity index (χ2n) is 5.28. The molecule has 0 radical (unpaired) electrons. The van der Waals surface area contributed by atoms with Gasteiger partial charge in [0.1, 0.15) is 11.6 Å². The second-order valence-corrected chi connectivity index (χ2v) is 5.28. The number of nitrogen functional groups attached to an aromatic ring is 1. The molecule has 3 rings (SSSR count). The van der Waals surface area contributed by atoms with Gasteiger partial charge in [-0.05, 0) is 19.8 Å². The highest BCUT2D eigenvalue weighted by Crippen LogP contribution is 2.22. The van der Waals surface area contributed by atoms with Crippen molar-refractivity contribution < 1.29 is 0 Å². The average molecular weight is 307 g/mol. The van der Waals surface area contributed by atoms with Crippen LogP contribution in [-0.4, -0.2) is 26.9 Å². The van der Waals surface area contributed by atoms with Gasteiger partial charge in [0, 0.05) is 17.3 Å². The van der Waals surface area contributed by atoms with Crippen molar-refractivity contribution in [3.05, 3.63) is 41.2 Å². The monoisotopic (exact) mass is 307 g/mol. The van der Waals surface area contributed by atoms with Crippen molar-refractivity contribution in [3.8, 4) is 6.07 Å². The molecular formula is C16H17N7. The Hall–Kier alpha value is -3.14. The molecule has 3 aromatic rings. The molecule has 0 aliphatic carbocycles. The zero-order valence-electron chi connectivity index (χ0n) is 12.8. The number of rotatable bonds is 5. The van der Waals surface area contributed by atoms with Gasteiger partial charge in [0.25, 0.3) is 0 Å². The van der Waals surface area contributed by atoms with Gasteiger partial charge in [-0.3, -0.25) is 5.10 Å². The van der Waals surface area contributed by atoms with Gasteiger partial charge in [0.15, 0.2) is 11.6 Å². The van der Waals surface area contributed by atoms with Crippen molar-refractivity contribution in [1.29, 1.82) is 5.26 Å². The highest BCUT2D eigenvalue weighted by Gasteiger charge is 2.10. The summed E-state index contributed by atoms with van der Waals surface area (Å²) in [6, 6.07) is 10.1. The number of hydrogen-bond acceptors (Lipinski definition) is 6. The third kappa shape index (κ3) is 2.92. The molecular weight excluding hydrogens is 290 g/mol. The number of aromatic amines is 1. The molecule has 0 amide bonds. The fraction of sp³-hybridized carbons (Fsp3) is 0.250. The molecule has 0 bridgehead atoms. The van der Waals surface area contributed by atoms with Crippen LogP contribution in [0.25, 0.3) is 10.8 Å². The molecule has 0 atom stereocenters. The molecule has 0 spiro atoms. The topological polar surface area (TPSA) is 116 Å². The van der Waals surface area contributed by atoms with Gasteiger partial charge in [-0.25, -0.2) is 0 Å². The van der Waals surface area contributed by atoms with Crippen molar-refractivity contribution in [1.82, 2.24) is 20.4 Å². The maximum Gasteiger partial charge on any atom is 0.163 e. The van der Waals surface area contributed by atoms with Gasteiger partial charge in [-0.1, -0.05) is 24.3 Å². The van der Waals surface area contributed by atoms with Gasteiger partial charge >= 0.3 is 0 Å². The van der Waals surface area contributed by atoms with Crippen LogP contribution in [0.15, 0.2) is 24.3 Å². The quantitative estimate of drug-likeness (QED) is 0.622. The van der Waals surface area contributed by atoms with Crippen molar-refractivity contribution >= 4 is 22.4 Å². The maximum atomic E-state index is 9.04. The number of benzene rings is 1. The minimum atomic E-state index is 0.255. The van der Waals surface area contributed by atoms with Crippen LogP contribution in [0, 0.1) is 18.3 Å². The van der Waals surface area contributed by atoms with E-state index in [1.807, 2.05) is 31.2 Å². The summed E-state index contributed by atoms with van der Waals surface area (Å²) in [5.41, 5.74) is 7.75. The van der Waals surface area contributed by atoms with Crippen molar-refractivity contribution in [2.75, 3.05) is 17.6 Å². The normalized spacial score (nSPS) is 10.6. The first-order chi connectivity index (χ1) is 11.2. The number of nitrogens with two attached hydrogens (primary N) is 1. The number of aromatic nitrogens is 4. The summed E-state index contributed by atoms with van der Waals surface area (Å²) in [4.78, 5) is 0. The van der Waals surface area contributed by atoms with Gasteiger partial charge in [-0.2, -0.15) is 15.5 Å². The molecule has 0 saturated heterocycles. The second kappa shape index (κ2) is 6.32. The summed E-state index contributed by atoms with van der Waals surface area (Å²) < 4.78 is 0. The lowest BCUT2D eigenvalue weighted by Crippen LogP contribution is -2.07. The van der Waals surface area contributed by atoms with Gasteiger partial charge in [0.2, 0.25) is 0 Å². The Kier molecular flexibility index (Phi) is 4.06. The minimum Gasteiger partial charge on any atom is -0.381 e. The number of nitrogens with one attached hydrogen (secondary N) is 2. The molecule has 7 nitrogen and oxygen atoms in total. The van der Waals surface area contributed by atoms with E-state index in [9.17, 15) is 0 Å². The van der Waals surface area contributed by atoms with Crippen LogP contribution < -0.4 is 11.1 Å². The Balaban J connectivity index is 1.66.